The van der Waals surface area contributed by atoms with Crippen LogP contribution >= 0.6 is 24.0 Å². The van der Waals surface area contributed by atoms with Crippen LogP contribution in [0.25, 0.3) is 0 Å². The fraction of sp³-hybridized carbons (Fsp3) is 0.611. The van der Waals surface area contributed by atoms with Gasteiger partial charge in [0.15, 0.2) is 5.96 Å². The molecule has 0 radical (unpaired) electrons. The highest BCUT2D eigenvalue weighted by atomic mass is 127. The summed E-state index contributed by atoms with van der Waals surface area (Å²) in [6, 6.07) is 6.39. The van der Waals surface area contributed by atoms with Gasteiger partial charge in [-0.1, -0.05) is 26.0 Å². The largest absolute Gasteiger partial charge is 0.396 e. The van der Waals surface area contributed by atoms with Gasteiger partial charge in [-0.25, -0.2) is 9.38 Å². The summed E-state index contributed by atoms with van der Waals surface area (Å²) in [7, 11) is 0. The van der Waals surface area contributed by atoms with Crippen molar-refractivity contribution in [2.45, 2.75) is 46.6 Å². The number of nitrogens with zero attached hydrogens (tertiary/aromatic N) is 1. The van der Waals surface area contributed by atoms with E-state index in [0.717, 1.165) is 43.9 Å². The number of guanidine groups is 1. The van der Waals surface area contributed by atoms with E-state index in [4.69, 9.17) is 0 Å². The Morgan fingerprint density at radius 2 is 1.75 bits per heavy atom. The summed E-state index contributed by atoms with van der Waals surface area (Å²) in [6.07, 6.45) is 2.80. The van der Waals surface area contributed by atoms with Crippen LogP contribution in [-0.4, -0.2) is 30.8 Å². The Morgan fingerprint density at radius 3 is 2.25 bits per heavy atom. The van der Waals surface area contributed by atoms with E-state index in [0.29, 0.717) is 6.54 Å². The molecule has 1 aromatic rings. The minimum Gasteiger partial charge on any atom is -0.396 e. The van der Waals surface area contributed by atoms with Crippen LogP contribution in [0.5, 0.6) is 0 Å². The minimum atomic E-state index is -0.234. The molecule has 4 nitrogen and oxygen atoms in total. The third-order valence-corrected chi connectivity index (χ3v) is 4.45. The Balaban J connectivity index is 0.00000529. The number of halogens is 2. The maximum absolute atomic E-state index is 12.9. The molecule has 0 heterocycles. The summed E-state index contributed by atoms with van der Waals surface area (Å²) in [6.45, 7) is 8.59. The molecule has 24 heavy (non-hydrogen) atoms. The second kappa shape index (κ2) is 12.5. The lowest BCUT2D eigenvalue weighted by molar-refractivity contribution is 0.169. The summed E-state index contributed by atoms with van der Waals surface area (Å²) in [5.74, 6) is 0.517. The average molecular weight is 451 g/mol. The Bertz CT molecular complexity index is 476. The summed E-state index contributed by atoms with van der Waals surface area (Å²) >= 11 is 0. The number of rotatable bonds is 9. The van der Waals surface area contributed by atoms with Crippen molar-refractivity contribution in [3.05, 3.63) is 35.6 Å². The van der Waals surface area contributed by atoms with Crippen LogP contribution in [0.15, 0.2) is 29.3 Å². The predicted octanol–water partition coefficient (Wildman–Crippen LogP) is 3.69. The molecule has 0 saturated carbocycles. The molecule has 0 spiro atoms. The van der Waals surface area contributed by atoms with Crippen LogP contribution in [0, 0.1) is 11.2 Å². The van der Waals surface area contributed by atoms with Crippen LogP contribution in [0.1, 0.15) is 45.6 Å². The number of aliphatic hydroxyl groups excluding tert-OH is 1. The summed E-state index contributed by atoms with van der Waals surface area (Å²) in [5, 5.41) is 15.9. The van der Waals surface area contributed by atoms with Crippen molar-refractivity contribution < 1.29 is 9.50 Å². The first-order chi connectivity index (χ1) is 11.1. The van der Waals surface area contributed by atoms with Crippen LogP contribution in [-0.2, 0) is 6.54 Å². The van der Waals surface area contributed by atoms with Crippen LogP contribution in [0.3, 0.4) is 0 Å². The first-order valence-corrected chi connectivity index (χ1v) is 8.46. The summed E-state index contributed by atoms with van der Waals surface area (Å²) in [5.41, 5.74) is 1.05. The monoisotopic (exact) mass is 451 g/mol. The van der Waals surface area contributed by atoms with Crippen molar-refractivity contribution in [3.63, 3.8) is 0 Å². The molecule has 0 aliphatic rings. The van der Waals surface area contributed by atoms with E-state index in [1.54, 1.807) is 12.1 Å². The van der Waals surface area contributed by atoms with E-state index >= 15 is 0 Å². The number of nitrogens with one attached hydrogen (secondary N) is 2. The molecule has 0 saturated heterocycles. The topological polar surface area (TPSA) is 56.7 Å². The highest BCUT2D eigenvalue weighted by Gasteiger charge is 2.25. The van der Waals surface area contributed by atoms with Crippen molar-refractivity contribution >= 4 is 29.9 Å². The van der Waals surface area contributed by atoms with Gasteiger partial charge < -0.3 is 15.7 Å². The molecular formula is C18H31FIN3O. The van der Waals surface area contributed by atoms with Gasteiger partial charge in [-0.15, -0.1) is 24.0 Å². The van der Waals surface area contributed by atoms with E-state index in [2.05, 4.69) is 29.5 Å². The fourth-order valence-corrected chi connectivity index (χ4v) is 2.55. The van der Waals surface area contributed by atoms with Crippen LogP contribution in [0.4, 0.5) is 4.39 Å². The molecule has 0 aliphatic heterocycles. The van der Waals surface area contributed by atoms with Gasteiger partial charge in [0.1, 0.15) is 5.82 Å². The lowest BCUT2D eigenvalue weighted by atomic mass is 9.79. The summed E-state index contributed by atoms with van der Waals surface area (Å²) in [4.78, 5) is 4.55. The fourth-order valence-electron chi connectivity index (χ4n) is 2.55. The Labute approximate surface area is 162 Å². The molecule has 0 aromatic heterocycles. The number of aliphatic imine (C=N–C) groups is 1. The minimum absolute atomic E-state index is 0. The van der Waals surface area contributed by atoms with E-state index in [9.17, 15) is 9.50 Å². The van der Waals surface area contributed by atoms with Gasteiger partial charge in [0.2, 0.25) is 0 Å². The third-order valence-electron chi connectivity index (χ3n) is 4.45. The van der Waals surface area contributed by atoms with Gasteiger partial charge >= 0.3 is 0 Å². The van der Waals surface area contributed by atoms with Gasteiger partial charge in [0.25, 0.3) is 0 Å². The molecule has 0 atom stereocenters. The lowest BCUT2D eigenvalue weighted by Gasteiger charge is -2.32. The normalized spacial score (nSPS) is 11.8. The maximum atomic E-state index is 12.9. The zero-order valence-electron chi connectivity index (χ0n) is 14.9. The molecule has 0 unspecified atom stereocenters. The Kier molecular flexibility index (Phi) is 12.0. The predicted molar refractivity (Wildman–Crippen MR) is 109 cm³/mol. The molecule has 6 heteroatoms. The highest BCUT2D eigenvalue weighted by molar-refractivity contribution is 14.0. The average Bonchev–Trinajstić information content (AvgIpc) is 2.57. The van der Waals surface area contributed by atoms with E-state index < -0.39 is 0 Å². The number of hydrogen-bond acceptors (Lipinski definition) is 2. The zero-order chi connectivity index (χ0) is 17.1. The standard InChI is InChI=1S/C18H30FN3O.HI/c1-4-18(5-2,11-12-23)14-22-17(20-6-3)21-13-15-7-9-16(19)10-8-15;/h7-10,23H,4-6,11-14H2,1-3H3,(H2,20,21,22);1H. The quantitative estimate of drug-likeness (QED) is 0.305. The first kappa shape index (κ1) is 23.1. The van der Waals surface area contributed by atoms with Crippen molar-refractivity contribution in [2.75, 3.05) is 19.7 Å². The van der Waals surface area contributed by atoms with Crippen molar-refractivity contribution in [1.82, 2.24) is 10.6 Å². The van der Waals surface area contributed by atoms with Gasteiger partial charge in [0.05, 0.1) is 6.54 Å². The molecule has 0 aliphatic carbocycles. The lowest BCUT2D eigenvalue weighted by Crippen LogP contribution is -2.43. The second-order valence-corrected chi connectivity index (χ2v) is 5.86. The van der Waals surface area contributed by atoms with Crippen molar-refractivity contribution in [1.29, 1.82) is 0 Å². The maximum Gasteiger partial charge on any atom is 0.191 e. The highest BCUT2D eigenvalue weighted by Crippen LogP contribution is 2.29. The number of aliphatic hydroxyl groups is 1. The molecule has 0 amide bonds. The first-order valence-electron chi connectivity index (χ1n) is 8.46. The molecule has 0 fully saturated rings. The smallest absolute Gasteiger partial charge is 0.191 e. The van der Waals surface area contributed by atoms with Crippen LogP contribution < -0.4 is 10.6 Å². The van der Waals surface area contributed by atoms with Crippen molar-refractivity contribution in [2.24, 2.45) is 10.4 Å². The molecule has 138 valence electrons. The second-order valence-electron chi connectivity index (χ2n) is 5.86. The van der Waals surface area contributed by atoms with Gasteiger partial charge in [-0.3, -0.25) is 0 Å². The summed E-state index contributed by atoms with van der Waals surface area (Å²) < 4.78 is 12.9. The van der Waals surface area contributed by atoms with Gasteiger partial charge in [0, 0.05) is 19.7 Å². The van der Waals surface area contributed by atoms with E-state index in [1.807, 2.05) is 6.92 Å². The molecule has 1 aromatic carbocycles. The van der Waals surface area contributed by atoms with Gasteiger partial charge in [-0.05, 0) is 49.3 Å². The zero-order valence-corrected chi connectivity index (χ0v) is 17.3. The number of hydrogen-bond donors (Lipinski definition) is 3. The molecular weight excluding hydrogens is 420 g/mol. The van der Waals surface area contributed by atoms with Crippen molar-refractivity contribution in [3.8, 4) is 0 Å². The van der Waals surface area contributed by atoms with E-state index in [-0.39, 0.29) is 41.8 Å². The van der Waals surface area contributed by atoms with Gasteiger partial charge in [-0.2, -0.15) is 0 Å². The molecule has 3 N–H and O–H groups in total. The van der Waals surface area contributed by atoms with E-state index in [1.165, 1.54) is 12.1 Å². The number of benzene rings is 1. The third kappa shape index (κ3) is 7.79. The molecule has 0 bridgehead atoms. The SMILES string of the molecule is CCNC(=NCc1ccc(F)cc1)NCC(CC)(CC)CCO.I. The van der Waals surface area contributed by atoms with Crippen LogP contribution in [0.2, 0.25) is 0 Å². The molecule has 1 rings (SSSR count). The Hall–Kier alpha value is -0.890. The Morgan fingerprint density at radius 1 is 1.12 bits per heavy atom.